The molecular weight excluding hydrogens is 200 g/mol. The fraction of sp³-hybridized carbons (Fsp3) is 0.364. The number of nitrogens with zero attached hydrogens (tertiary/aromatic N) is 1. The molecule has 0 aliphatic heterocycles. The summed E-state index contributed by atoms with van der Waals surface area (Å²) in [5, 5.41) is 8.26. The fourth-order valence-corrected chi connectivity index (χ4v) is 1.08. The van der Waals surface area contributed by atoms with E-state index in [1.54, 1.807) is 0 Å². The van der Waals surface area contributed by atoms with Crippen molar-refractivity contribution in [2.75, 3.05) is 6.61 Å². The summed E-state index contributed by atoms with van der Waals surface area (Å²) in [7, 11) is 0. The van der Waals surface area contributed by atoms with Crippen LogP contribution in [0.1, 0.15) is 19.3 Å². The van der Waals surface area contributed by atoms with Gasteiger partial charge in [-0.2, -0.15) is 9.65 Å². The maximum Gasteiger partial charge on any atom is 0.200 e. The highest BCUT2D eigenvalue weighted by molar-refractivity contribution is 5.24. The maximum atomic E-state index is 13.0. The zero-order valence-corrected chi connectivity index (χ0v) is 8.17. The van der Waals surface area contributed by atoms with Crippen LogP contribution in [-0.4, -0.2) is 6.61 Å². The minimum absolute atomic E-state index is 0.0769. The van der Waals surface area contributed by atoms with Crippen molar-refractivity contribution in [1.29, 1.82) is 5.26 Å². The van der Waals surface area contributed by atoms with Gasteiger partial charge in [0.25, 0.3) is 0 Å². The summed E-state index contributed by atoms with van der Waals surface area (Å²) in [5.74, 6) is -1.95. The molecule has 2 nitrogen and oxygen atoms in total. The molecule has 0 saturated heterocycles. The number of unbranched alkanes of at least 4 members (excludes halogenated alkanes) is 2. The van der Waals surface area contributed by atoms with Crippen LogP contribution in [0.3, 0.4) is 0 Å². The average Bonchev–Trinajstić information content (AvgIpc) is 2.24. The topological polar surface area (TPSA) is 33.0 Å². The lowest BCUT2D eigenvalue weighted by molar-refractivity contribution is 0.287. The molecule has 0 unspecified atom stereocenters. The number of ether oxygens (including phenoxy) is 1. The Morgan fingerprint density at radius 3 is 2.80 bits per heavy atom. The third-order valence-electron chi connectivity index (χ3n) is 1.86. The normalized spacial score (nSPS) is 9.67. The summed E-state index contributed by atoms with van der Waals surface area (Å²) >= 11 is 0. The van der Waals surface area contributed by atoms with Gasteiger partial charge in [-0.25, -0.2) is 4.39 Å². The zero-order chi connectivity index (χ0) is 11.1. The molecule has 0 heterocycles. The van der Waals surface area contributed by atoms with E-state index in [2.05, 4.69) is 0 Å². The van der Waals surface area contributed by atoms with E-state index in [0.29, 0.717) is 25.9 Å². The minimum Gasteiger partial charge on any atom is -0.490 e. The van der Waals surface area contributed by atoms with E-state index in [0.717, 1.165) is 6.07 Å². The van der Waals surface area contributed by atoms with Gasteiger partial charge in [-0.3, -0.25) is 0 Å². The Kier molecular flexibility index (Phi) is 4.55. The molecule has 15 heavy (non-hydrogen) atoms. The van der Waals surface area contributed by atoms with Gasteiger partial charge < -0.3 is 4.74 Å². The number of benzene rings is 1. The quantitative estimate of drug-likeness (QED) is 0.701. The molecule has 1 rings (SSSR count). The molecule has 80 valence electrons. The van der Waals surface area contributed by atoms with Gasteiger partial charge in [0.05, 0.1) is 12.7 Å². The molecule has 1 aromatic carbocycles. The summed E-state index contributed by atoms with van der Waals surface area (Å²) in [5.41, 5.74) is 0. The van der Waals surface area contributed by atoms with Crippen molar-refractivity contribution in [2.45, 2.75) is 19.3 Å². The van der Waals surface area contributed by atoms with Crippen molar-refractivity contribution < 1.29 is 13.5 Å². The van der Waals surface area contributed by atoms with Crippen molar-refractivity contribution in [2.24, 2.45) is 0 Å². The lowest BCUT2D eigenvalue weighted by Gasteiger charge is -2.06. The molecule has 0 amide bonds. The summed E-state index contributed by atoms with van der Waals surface area (Å²) in [4.78, 5) is 0. The van der Waals surface area contributed by atoms with Gasteiger partial charge in [0.1, 0.15) is 0 Å². The maximum absolute atomic E-state index is 13.0. The molecule has 0 radical (unpaired) electrons. The number of rotatable bonds is 5. The third-order valence-corrected chi connectivity index (χ3v) is 1.86. The van der Waals surface area contributed by atoms with Crippen LogP contribution in [0.15, 0.2) is 18.2 Å². The Morgan fingerprint density at radius 2 is 2.07 bits per heavy atom. The van der Waals surface area contributed by atoms with E-state index in [9.17, 15) is 8.78 Å². The molecule has 0 aliphatic carbocycles. The van der Waals surface area contributed by atoms with Gasteiger partial charge in [-0.05, 0) is 25.0 Å². The molecule has 0 spiro atoms. The van der Waals surface area contributed by atoms with Crippen LogP contribution in [0.25, 0.3) is 0 Å². The molecule has 0 fully saturated rings. The summed E-state index contributed by atoms with van der Waals surface area (Å²) in [6, 6.07) is 5.81. The SMILES string of the molecule is N#CCCCCOc1cccc(F)c1F. The Labute approximate surface area is 87.1 Å². The molecule has 0 bridgehead atoms. The number of hydrogen-bond acceptors (Lipinski definition) is 2. The Morgan fingerprint density at radius 1 is 1.27 bits per heavy atom. The molecule has 1 aromatic rings. The van der Waals surface area contributed by atoms with E-state index in [1.165, 1.54) is 12.1 Å². The Hall–Kier alpha value is -1.63. The highest BCUT2D eigenvalue weighted by Gasteiger charge is 2.07. The van der Waals surface area contributed by atoms with Crippen LogP contribution in [0.4, 0.5) is 8.78 Å². The summed E-state index contributed by atoms with van der Waals surface area (Å²) in [6.07, 6.45) is 1.81. The first-order chi connectivity index (χ1) is 7.25. The van der Waals surface area contributed by atoms with Gasteiger partial charge in [-0.1, -0.05) is 6.07 Å². The molecule has 0 saturated carbocycles. The van der Waals surface area contributed by atoms with Crippen LogP contribution in [-0.2, 0) is 0 Å². The van der Waals surface area contributed by atoms with E-state index in [4.69, 9.17) is 10.00 Å². The van der Waals surface area contributed by atoms with Crippen LogP contribution in [0.2, 0.25) is 0 Å². The first-order valence-corrected chi connectivity index (χ1v) is 4.69. The molecule has 0 aliphatic rings. The second-order valence-electron chi connectivity index (χ2n) is 3.02. The lowest BCUT2D eigenvalue weighted by Crippen LogP contribution is -2.00. The highest BCUT2D eigenvalue weighted by Crippen LogP contribution is 2.19. The summed E-state index contributed by atoms with van der Waals surface area (Å²) < 4.78 is 30.8. The van der Waals surface area contributed by atoms with Crippen LogP contribution >= 0.6 is 0 Å². The molecule has 0 N–H and O–H groups in total. The van der Waals surface area contributed by atoms with Gasteiger partial charge in [-0.15, -0.1) is 0 Å². The van der Waals surface area contributed by atoms with Gasteiger partial charge in [0.15, 0.2) is 11.6 Å². The van der Waals surface area contributed by atoms with Crippen LogP contribution < -0.4 is 4.74 Å². The smallest absolute Gasteiger partial charge is 0.200 e. The lowest BCUT2D eigenvalue weighted by atomic mass is 10.2. The second kappa shape index (κ2) is 5.97. The van der Waals surface area contributed by atoms with Gasteiger partial charge >= 0.3 is 0 Å². The van der Waals surface area contributed by atoms with Gasteiger partial charge in [0.2, 0.25) is 5.82 Å². The van der Waals surface area contributed by atoms with Gasteiger partial charge in [0, 0.05) is 6.42 Å². The van der Waals surface area contributed by atoms with E-state index < -0.39 is 11.6 Å². The largest absolute Gasteiger partial charge is 0.490 e. The van der Waals surface area contributed by atoms with Crippen molar-refractivity contribution >= 4 is 0 Å². The molecular formula is C11H11F2NO. The first kappa shape index (κ1) is 11.4. The predicted octanol–water partition coefficient (Wildman–Crippen LogP) is 3.04. The van der Waals surface area contributed by atoms with Crippen molar-refractivity contribution in [1.82, 2.24) is 0 Å². The van der Waals surface area contributed by atoms with E-state index in [-0.39, 0.29) is 5.75 Å². The monoisotopic (exact) mass is 211 g/mol. The van der Waals surface area contributed by atoms with E-state index in [1.807, 2.05) is 6.07 Å². The zero-order valence-electron chi connectivity index (χ0n) is 8.17. The number of hydrogen-bond donors (Lipinski definition) is 0. The van der Waals surface area contributed by atoms with Crippen LogP contribution in [0, 0.1) is 23.0 Å². The Bertz CT molecular complexity index is 360. The fourth-order valence-electron chi connectivity index (χ4n) is 1.08. The predicted molar refractivity (Wildman–Crippen MR) is 51.3 cm³/mol. The third kappa shape index (κ3) is 3.55. The Balaban J connectivity index is 2.38. The van der Waals surface area contributed by atoms with Crippen molar-refractivity contribution in [3.05, 3.63) is 29.8 Å². The molecule has 0 atom stereocenters. The van der Waals surface area contributed by atoms with Crippen LogP contribution in [0.5, 0.6) is 5.75 Å². The number of nitriles is 1. The van der Waals surface area contributed by atoms with Crippen molar-refractivity contribution in [3.8, 4) is 11.8 Å². The summed E-state index contributed by atoms with van der Waals surface area (Å²) in [6.45, 7) is 0.294. The highest BCUT2D eigenvalue weighted by atomic mass is 19.2. The molecule has 0 aromatic heterocycles. The minimum atomic E-state index is -0.960. The second-order valence-corrected chi connectivity index (χ2v) is 3.02. The first-order valence-electron chi connectivity index (χ1n) is 4.69. The number of halogens is 2. The standard InChI is InChI=1S/C11H11F2NO/c12-9-5-4-6-10(11(9)13)15-8-3-1-2-7-14/h4-6H,1-3,8H2. The molecule has 4 heteroatoms. The van der Waals surface area contributed by atoms with Crippen molar-refractivity contribution in [3.63, 3.8) is 0 Å². The average molecular weight is 211 g/mol. The van der Waals surface area contributed by atoms with E-state index >= 15 is 0 Å².